The van der Waals surface area contributed by atoms with Crippen LogP contribution in [0.25, 0.3) is 10.9 Å². The quantitative estimate of drug-likeness (QED) is 0.312. The molecular weight excluding hydrogens is 390 g/mol. The van der Waals surface area contributed by atoms with E-state index in [0.29, 0.717) is 22.4 Å². The molecule has 0 radical (unpaired) electrons. The van der Waals surface area contributed by atoms with Crippen LogP contribution in [0.1, 0.15) is 38.8 Å². The molecule has 0 saturated heterocycles. The van der Waals surface area contributed by atoms with Gasteiger partial charge in [-0.05, 0) is 30.2 Å². The maximum atomic E-state index is 12.7. The van der Waals surface area contributed by atoms with Crippen LogP contribution in [0.2, 0.25) is 0 Å². The molecular formula is C26H23NO4. The number of Topliss-reactive ketones (excluding diaryl/α,β-unsaturated/α-hetero) is 1. The normalized spacial score (nSPS) is 10.7. The number of hydrogen-bond acceptors (Lipinski definition) is 4. The second kappa shape index (κ2) is 9.30. The van der Waals surface area contributed by atoms with E-state index in [4.69, 9.17) is 9.47 Å². The summed E-state index contributed by atoms with van der Waals surface area (Å²) in [5.41, 5.74) is 3.70. The molecule has 1 heterocycles. The Labute approximate surface area is 180 Å². The predicted octanol–water partition coefficient (Wildman–Crippen LogP) is 5.35. The fourth-order valence-corrected chi connectivity index (χ4v) is 3.55. The molecule has 0 saturated carbocycles. The van der Waals surface area contributed by atoms with E-state index < -0.39 is 5.97 Å². The molecule has 0 aliphatic heterocycles. The molecule has 31 heavy (non-hydrogen) atoms. The van der Waals surface area contributed by atoms with E-state index in [1.807, 2.05) is 60.7 Å². The zero-order valence-electron chi connectivity index (χ0n) is 17.3. The van der Waals surface area contributed by atoms with Gasteiger partial charge in [-0.1, -0.05) is 61.5 Å². The first kappa shape index (κ1) is 20.4. The van der Waals surface area contributed by atoms with Gasteiger partial charge in [0.2, 0.25) is 5.78 Å². The molecule has 1 aromatic heterocycles. The van der Waals surface area contributed by atoms with Crippen molar-refractivity contribution in [1.82, 2.24) is 4.98 Å². The summed E-state index contributed by atoms with van der Waals surface area (Å²) in [6.07, 6.45) is 2.55. The maximum Gasteiger partial charge on any atom is 0.338 e. The molecule has 1 N–H and O–H groups in total. The summed E-state index contributed by atoms with van der Waals surface area (Å²) in [6, 6.07) is 22.3. The monoisotopic (exact) mass is 413 g/mol. The van der Waals surface area contributed by atoms with Crippen LogP contribution in [0.3, 0.4) is 0 Å². The van der Waals surface area contributed by atoms with Gasteiger partial charge in [-0.15, -0.1) is 0 Å². The number of fused-ring (bicyclic) bond motifs is 1. The topological polar surface area (TPSA) is 68.4 Å². The molecule has 0 unspecified atom stereocenters. The highest BCUT2D eigenvalue weighted by atomic mass is 16.5. The molecule has 5 nitrogen and oxygen atoms in total. The number of esters is 1. The van der Waals surface area contributed by atoms with Crippen molar-refractivity contribution in [3.05, 3.63) is 101 Å². The van der Waals surface area contributed by atoms with Gasteiger partial charge in [-0.2, -0.15) is 0 Å². The molecule has 0 spiro atoms. The van der Waals surface area contributed by atoms with Gasteiger partial charge in [0.1, 0.15) is 12.4 Å². The van der Waals surface area contributed by atoms with Gasteiger partial charge in [0.15, 0.2) is 6.61 Å². The van der Waals surface area contributed by atoms with Crippen molar-refractivity contribution in [2.75, 3.05) is 6.61 Å². The first-order valence-electron chi connectivity index (χ1n) is 10.2. The molecule has 0 amide bonds. The minimum absolute atomic E-state index is 0.228. The predicted molar refractivity (Wildman–Crippen MR) is 120 cm³/mol. The second-order valence-corrected chi connectivity index (χ2v) is 7.15. The SMILES string of the molecule is CCc1cccc2c(C(=O)COC(=O)c3ccccc3COc3ccccc3)c[nH]c12. The van der Waals surface area contributed by atoms with Gasteiger partial charge in [0, 0.05) is 28.2 Å². The van der Waals surface area contributed by atoms with Crippen molar-refractivity contribution >= 4 is 22.7 Å². The largest absolute Gasteiger partial charge is 0.489 e. The lowest BCUT2D eigenvalue weighted by molar-refractivity contribution is 0.0472. The third-order valence-electron chi connectivity index (χ3n) is 5.19. The van der Waals surface area contributed by atoms with E-state index in [1.54, 1.807) is 18.3 Å². The second-order valence-electron chi connectivity index (χ2n) is 7.15. The lowest BCUT2D eigenvalue weighted by Gasteiger charge is -2.11. The van der Waals surface area contributed by atoms with E-state index in [9.17, 15) is 9.59 Å². The summed E-state index contributed by atoms with van der Waals surface area (Å²) in [5, 5.41) is 0.845. The van der Waals surface area contributed by atoms with Crippen molar-refractivity contribution in [3.63, 3.8) is 0 Å². The Morgan fingerprint density at radius 2 is 1.58 bits per heavy atom. The molecule has 4 aromatic rings. The molecule has 0 aliphatic rings. The number of ether oxygens (including phenoxy) is 2. The van der Waals surface area contributed by atoms with E-state index in [-0.39, 0.29) is 19.0 Å². The summed E-state index contributed by atoms with van der Waals surface area (Å²) >= 11 is 0. The van der Waals surface area contributed by atoms with Crippen LogP contribution in [0, 0.1) is 0 Å². The number of aromatic nitrogens is 1. The van der Waals surface area contributed by atoms with Gasteiger partial charge in [0.25, 0.3) is 0 Å². The number of carbonyl (C=O) groups excluding carboxylic acids is 2. The maximum absolute atomic E-state index is 12.7. The summed E-state index contributed by atoms with van der Waals surface area (Å²) in [6.45, 7) is 1.97. The Morgan fingerprint density at radius 3 is 2.39 bits per heavy atom. The lowest BCUT2D eigenvalue weighted by atomic mass is 10.1. The fraction of sp³-hybridized carbons (Fsp3) is 0.154. The number of H-pyrrole nitrogens is 1. The van der Waals surface area contributed by atoms with Crippen molar-refractivity contribution < 1.29 is 19.1 Å². The molecule has 0 atom stereocenters. The number of nitrogens with one attached hydrogen (secondary N) is 1. The Morgan fingerprint density at radius 1 is 0.839 bits per heavy atom. The molecule has 4 rings (SSSR count). The number of hydrogen-bond donors (Lipinski definition) is 1. The van der Waals surface area contributed by atoms with E-state index in [2.05, 4.69) is 11.9 Å². The standard InChI is InChI=1S/C26H23NO4/c1-2-18-10-8-14-22-23(15-27-25(18)22)24(28)17-31-26(29)21-13-7-6-9-19(21)16-30-20-11-4-3-5-12-20/h3-15,27H,2,16-17H2,1H3. The number of benzene rings is 3. The van der Waals surface area contributed by atoms with Crippen LogP contribution < -0.4 is 4.74 Å². The third-order valence-corrected chi connectivity index (χ3v) is 5.19. The first-order valence-corrected chi connectivity index (χ1v) is 10.2. The van der Waals surface area contributed by atoms with Crippen molar-refractivity contribution in [1.29, 1.82) is 0 Å². The molecule has 0 aliphatic carbocycles. The van der Waals surface area contributed by atoms with Crippen LogP contribution in [0.4, 0.5) is 0 Å². The van der Waals surface area contributed by atoms with Crippen LogP contribution in [0.5, 0.6) is 5.75 Å². The Hall–Kier alpha value is -3.86. The van der Waals surface area contributed by atoms with Crippen molar-refractivity contribution in [2.24, 2.45) is 0 Å². The van der Waals surface area contributed by atoms with Gasteiger partial charge >= 0.3 is 5.97 Å². The minimum Gasteiger partial charge on any atom is -0.489 e. The van der Waals surface area contributed by atoms with E-state index in [1.165, 1.54) is 0 Å². The zero-order valence-corrected chi connectivity index (χ0v) is 17.3. The Bertz CT molecular complexity index is 1210. The Kier molecular flexibility index (Phi) is 6.13. The zero-order chi connectivity index (χ0) is 21.6. The van der Waals surface area contributed by atoms with E-state index in [0.717, 1.165) is 22.9 Å². The molecule has 3 aromatic carbocycles. The number of carbonyl (C=O) groups is 2. The van der Waals surface area contributed by atoms with Gasteiger partial charge in [0.05, 0.1) is 5.56 Å². The van der Waals surface area contributed by atoms with Gasteiger partial charge in [-0.25, -0.2) is 4.79 Å². The summed E-state index contributed by atoms with van der Waals surface area (Å²) in [7, 11) is 0. The highest BCUT2D eigenvalue weighted by Crippen LogP contribution is 2.23. The smallest absolute Gasteiger partial charge is 0.338 e. The fourth-order valence-electron chi connectivity index (χ4n) is 3.55. The van der Waals surface area contributed by atoms with Crippen LogP contribution in [-0.2, 0) is 17.8 Å². The van der Waals surface area contributed by atoms with Crippen molar-refractivity contribution in [2.45, 2.75) is 20.0 Å². The van der Waals surface area contributed by atoms with E-state index >= 15 is 0 Å². The minimum atomic E-state index is -0.547. The summed E-state index contributed by atoms with van der Waals surface area (Å²) in [4.78, 5) is 28.6. The van der Waals surface area contributed by atoms with Crippen LogP contribution in [0.15, 0.2) is 79.0 Å². The summed E-state index contributed by atoms with van der Waals surface area (Å²) in [5.74, 6) is -0.0767. The van der Waals surface area contributed by atoms with Gasteiger partial charge in [-0.3, -0.25) is 4.79 Å². The number of aryl methyl sites for hydroxylation is 1. The van der Waals surface area contributed by atoms with Crippen molar-refractivity contribution in [3.8, 4) is 5.75 Å². The molecule has 156 valence electrons. The average Bonchev–Trinajstić information content (AvgIpc) is 3.26. The number of aromatic amines is 1. The molecule has 5 heteroatoms. The number of para-hydroxylation sites is 2. The Balaban J connectivity index is 1.44. The number of ketones is 1. The van der Waals surface area contributed by atoms with Crippen LogP contribution >= 0.6 is 0 Å². The third kappa shape index (κ3) is 4.51. The number of rotatable bonds is 8. The first-order chi connectivity index (χ1) is 15.2. The lowest BCUT2D eigenvalue weighted by Crippen LogP contribution is -2.16. The highest BCUT2D eigenvalue weighted by Gasteiger charge is 2.18. The molecule has 0 bridgehead atoms. The summed E-state index contributed by atoms with van der Waals surface area (Å²) < 4.78 is 11.1. The van der Waals surface area contributed by atoms with Crippen LogP contribution in [-0.4, -0.2) is 23.3 Å². The average molecular weight is 413 g/mol. The van der Waals surface area contributed by atoms with Gasteiger partial charge < -0.3 is 14.5 Å². The highest BCUT2D eigenvalue weighted by molar-refractivity contribution is 6.09. The molecule has 0 fully saturated rings.